The Bertz CT molecular complexity index is 1100. The van der Waals surface area contributed by atoms with E-state index in [2.05, 4.69) is 35.4 Å². The number of hydrogen-bond acceptors (Lipinski definition) is 3. The molecule has 0 spiro atoms. The summed E-state index contributed by atoms with van der Waals surface area (Å²) >= 11 is -0.908. The number of amides is 1. The number of fused-ring (bicyclic) bond motifs is 5. The predicted octanol–water partition coefficient (Wildman–Crippen LogP) is 4.88. The van der Waals surface area contributed by atoms with Gasteiger partial charge in [0.2, 0.25) is 0 Å². The minimum absolute atomic E-state index is 0.0628. The van der Waals surface area contributed by atoms with Crippen LogP contribution in [0.2, 0.25) is 0 Å². The van der Waals surface area contributed by atoms with Crippen LogP contribution in [0.15, 0.2) is 42.7 Å². The lowest BCUT2D eigenvalue weighted by atomic mass is 9.54. The van der Waals surface area contributed by atoms with Gasteiger partial charge in [-0.15, -0.1) is 0 Å². The number of rotatable bonds is 5. The third-order valence-corrected chi connectivity index (χ3v) is 9.04. The minimum atomic E-state index is -0.908. The van der Waals surface area contributed by atoms with Crippen LogP contribution in [0.3, 0.4) is 0 Å². The first-order valence-electron chi connectivity index (χ1n) is 11.9. The lowest BCUT2D eigenvalue weighted by Gasteiger charge is -2.50. The van der Waals surface area contributed by atoms with Crippen LogP contribution < -0.4 is 5.32 Å². The molecule has 174 valence electrons. The predicted molar refractivity (Wildman–Crippen MR) is 130 cm³/mol. The molecule has 3 aliphatic rings. The summed E-state index contributed by atoms with van der Waals surface area (Å²) in [5.74, 6) is 1.79. The van der Waals surface area contributed by atoms with Crippen LogP contribution >= 0.6 is 0 Å². The molecule has 6 heteroatoms. The highest BCUT2D eigenvalue weighted by Crippen LogP contribution is 2.63. The third kappa shape index (κ3) is 4.12. The van der Waals surface area contributed by atoms with E-state index in [1.54, 1.807) is 18.5 Å². The normalized spacial score (nSPS) is 28.8. The van der Waals surface area contributed by atoms with E-state index in [1.165, 1.54) is 22.9 Å². The first kappa shape index (κ1) is 22.6. The summed E-state index contributed by atoms with van der Waals surface area (Å²) in [5, 5.41) is 2.88. The molecule has 1 unspecified atom stereocenters. The van der Waals surface area contributed by atoms with Crippen molar-refractivity contribution in [2.45, 2.75) is 44.9 Å². The van der Waals surface area contributed by atoms with Gasteiger partial charge in [-0.25, -0.2) is 4.39 Å². The fraction of sp³-hybridized carbons (Fsp3) is 0.481. The van der Waals surface area contributed by atoms with Gasteiger partial charge in [0.25, 0.3) is 5.91 Å². The van der Waals surface area contributed by atoms with Gasteiger partial charge in [0, 0.05) is 11.8 Å². The molecule has 1 amide bonds. The highest BCUT2D eigenvalue weighted by atomic mass is 32.2. The van der Waals surface area contributed by atoms with E-state index in [9.17, 15) is 13.7 Å². The van der Waals surface area contributed by atoms with Crippen molar-refractivity contribution in [3.63, 3.8) is 0 Å². The zero-order valence-corrected chi connectivity index (χ0v) is 20.1. The lowest BCUT2D eigenvalue weighted by molar-refractivity contribution is 0.0884. The van der Waals surface area contributed by atoms with E-state index in [0.717, 1.165) is 37.7 Å². The molecule has 1 fully saturated rings. The van der Waals surface area contributed by atoms with E-state index in [1.807, 2.05) is 6.07 Å². The zero-order valence-electron chi connectivity index (χ0n) is 19.3. The van der Waals surface area contributed by atoms with Crippen LogP contribution in [0.1, 0.15) is 65.6 Å². The molecule has 0 saturated heterocycles. The Kier molecular flexibility index (Phi) is 6.08. The highest BCUT2D eigenvalue weighted by Gasteiger charge is 2.52. The summed E-state index contributed by atoms with van der Waals surface area (Å²) in [6.45, 7) is 2.80. The molecule has 0 bridgehead atoms. The number of hydrogen-bond donors (Lipinski definition) is 1. The zero-order chi connectivity index (χ0) is 23.2. The number of allylic oxidation sites excluding steroid dienone is 2. The van der Waals surface area contributed by atoms with Crippen LogP contribution in [0.4, 0.5) is 4.39 Å². The van der Waals surface area contributed by atoms with Crippen molar-refractivity contribution in [2.75, 3.05) is 18.6 Å². The average Bonchev–Trinajstić information content (AvgIpc) is 3.15. The smallest absolute Gasteiger partial charge is 0.251 e. The van der Waals surface area contributed by atoms with Crippen LogP contribution in [0.25, 0.3) is 5.57 Å². The molecule has 3 aliphatic carbocycles. The Labute approximate surface area is 198 Å². The van der Waals surface area contributed by atoms with E-state index >= 15 is 0 Å². The molecule has 1 aromatic carbocycles. The number of aromatic nitrogens is 1. The van der Waals surface area contributed by atoms with Gasteiger partial charge >= 0.3 is 0 Å². The molecule has 0 aliphatic heterocycles. The van der Waals surface area contributed by atoms with Crippen molar-refractivity contribution in [3.8, 4) is 0 Å². The molecule has 33 heavy (non-hydrogen) atoms. The maximum atomic E-state index is 13.9. The van der Waals surface area contributed by atoms with Gasteiger partial charge in [-0.1, -0.05) is 30.2 Å². The summed E-state index contributed by atoms with van der Waals surface area (Å²) < 4.78 is 25.1. The van der Waals surface area contributed by atoms with Gasteiger partial charge in [0.15, 0.2) is 0 Å². The number of nitrogens with zero attached hydrogens (tertiary/aromatic N) is 1. The fourth-order valence-corrected chi connectivity index (χ4v) is 7.10. The van der Waals surface area contributed by atoms with Crippen LogP contribution in [0.5, 0.6) is 0 Å². The summed E-state index contributed by atoms with van der Waals surface area (Å²) in [6.07, 6.45) is 12.4. The number of carbonyl (C=O) groups is 1. The van der Waals surface area contributed by atoms with Gasteiger partial charge in [-0.3, -0.25) is 9.78 Å². The first-order valence-corrected chi connectivity index (χ1v) is 13.6. The maximum Gasteiger partial charge on any atom is 0.251 e. The number of pyridine rings is 1. The van der Waals surface area contributed by atoms with E-state index in [0.29, 0.717) is 35.6 Å². The SMILES string of the molecule is C[S+]([O-])CCNC(=O)c1ccc2c(c1)CC[C@@H]1[C@@H]2CC[C@]2(C)C(c3cncc(F)c3)=CC[C@@H]12. The van der Waals surface area contributed by atoms with E-state index < -0.39 is 11.2 Å². The van der Waals surface area contributed by atoms with Gasteiger partial charge in [0.1, 0.15) is 11.6 Å². The first-order chi connectivity index (χ1) is 15.9. The quantitative estimate of drug-likeness (QED) is 0.639. The molecular formula is C27H31FN2O2S. The number of halogens is 1. The number of nitrogens with one attached hydrogen (secondary N) is 1. The van der Waals surface area contributed by atoms with Crippen molar-refractivity contribution >= 4 is 22.7 Å². The van der Waals surface area contributed by atoms with Crippen molar-refractivity contribution in [1.82, 2.24) is 10.3 Å². The summed E-state index contributed by atoms with van der Waals surface area (Å²) in [6, 6.07) is 7.80. The average molecular weight is 467 g/mol. The van der Waals surface area contributed by atoms with Gasteiger partial charge in [-0.2, -0.15) is 0 Å². The van der Waals surface area contributed by atoms with E-state index in [4.69, 9.17) is 0 Å². The van der Waals surface area contributed by atoms with Crippen molar-refractivity contribution in [3.05, 3.63) is 70.8 Å². The van der Waals surface area contributed by atoms with E-state index in [-0.39, 0.29) is 17.1 Å². The molecule has 1 saturated carbocycles. The van der Waals surface area contributed by atoms with Crippen molar-refractivity contribution < 1.29 is 13.7 Å². The monoisotopic (exact) mass is 466 g/mol. The molecule has 1 N–H and O–H groups in total. The summed E-state index contributed by atoms with van der Waals surface area (Å²) in [7, 11) is 0. The maximum absolute atomic E-state index is 13.9. The summed E-state index contributed by atoms with van der Waals surface area (Å²) in [4.78, 5) is 16.6. The Morgan fingerprint density at radius 2 is 2.15 bits per heavy atom. The molecular weight excluding hydrogens is 435 g/mol. The second-order valence-electron chi connectivity index (χ2n) is 10.1. The number of benzene rings is 1. The minimum Gasteiger partial charge on any atom is -0.617 e. The molecule has 5 atom stereocenters. The van der Waals surface area contributed by atoms with Crippen molar-refractivity contribution in [1.29, 1.82) is 0 Å². The highest BCUT2D eigenvalue weighted by molar-refractivity contribution is 7.90. The van der Waals surface area contributed by atoms with Crippen molar-refractivity contribution in [2.24, 2.45) is 17.3 Å². The molecule has 2 aromatic rings. The summed E-state index contributed by atoms with van der Waals surface area (Å²) in [5.41, 5.74) is 5.65. The van der Waals surface area contributed by atoms with Crippen LogP contribution in [-0.4, -0.2) is 34.0 Å². The fourth-order valence-electron chi connectivity index (χ4n) is 6.71. The van der Waals surface area contributed by atoms with Crippen LogP contribution in [-0.2, 0) is 17.6 Å². The number of carbonyl (C=O) groups excluding carboxylic acids is 1. The molecule has 1 aromatic heterocycles. The van der Waals surface area contributed by atoms with Gasteiger partial charge in [-0.05, 0) is 95.7 Å². The van der Waals surface area contributed by atoms with Gasteiger partial charge < -0.3 is 9.87 Å². The Hall–Kier alpha value is -2.18. The topological polar surface area (TPSA) is 65.0 Å². The Balaban J connectivity index is 1.34. The molecule has 4 nitrogen and oxygen atoms in total. The number of aryl methyl sites for hydroxylation is 1. The Morgan fingerprint density at radius 1 is 1.30 bits per heavy atom. The second kappa shape index (κ2) is 8.88. The molecule has 5 rings (SSSR count). The molecule has 1 heterocycles. The molecule has 0 radical (unpaired) electrons. The standard InChI is InChI=1S/C27H31FN2O2S/c1-27-10-9-22-21-5-4-18(26(31)30-11-12-33(2)32)13-17(21)3-6-23(22)25(27)8-7-24(27)19-14-20(28)16-29-15-19/h4-5,7,13-16,22-23,25H,3,6,8-12H2,1-2H3,(H,30,31)/t22-,23-,25+,27-,33?/m1/s1. The largest absolute Gasteiger partial charge is 0.617 e. The van der Waals surface area contributed by atoms with Gasteiger partial charge in [0.05, 0.1) is 19.0 Å². The third-order valence-electron chi connectivity index (χ3n) is 8.26. The Morgan fingerprint density at radius 3 is 2.94 bits per heavy atom. The second-order valence-corrected chi connectivity index (χ2v) is 11.6. The lowest BCUT2D eigenvalue weighted by Crippen LogP contribution is -2.41. The van der Waals surface area contributed by atoms with Crippen LogP contribution in [0, 0.1) is 23.1 Å².